The molecule has 0 saturated heterocycles. The van der Waals surface area contributed by atoms with Gasteiger partial charge in [-0.1, -0.05) is 30.7 Å². The molecular formula is C20H28N4OS. The Bertz CT molecular complexity index is 765. The third kappa shape index (κ3) is 4.29. The van der Waals surface area contributed by atoms with Crippen molar-refractivity contribution in [3.05, 3.63) is 40.7 Å². The van der Waals surface area contributed by atoms with Gasteiger partial charge in [-0.25, -0.2) is 0 Å². The molecule has 0 aliphatic heterocycles. The average molecular weight is 373 g/mol. The predicted molar refractivity (Wildman–Crippen MR) is 106 cm³/mol. The highest BCUT2D eigenvalue weighted by Gasteiger charge is 2.23. The fourth-order valence-electron chi connectivity index (χ4n) is 3.58. The Kier molecular flexibility index (Phi) is 6.35. The molecule has 0 radical (unpaired) electrons. The molecule has 26 heavy (non-hydrogen) atoms. The number of hydrogen-bond donors (Lipinski definition) is 1. The Morgan fingerprint density at radius 3 is 2.69 bits per heavy atom. The van der Waals surface area contributed by atoms with Crippen molar-refractivity contribution in [2.45, 2.75) is 63.6 Å². The van der Waals surface area contributed by atoms with Gasteiger partial charge < -0.3 is 9.88 Å². The Labute approximate surface area is 160 Å². The molecule has 1 amide bonds. The van der Waals surface area contributed by atoms with Crippen molar-refractivity contribution in [1.29, 1.82) is 0 Å². The van der Waals surface area contributed by atoms with Crippen LogP contribution in [0, 0.1) is 13.8 Å². The summed E-state index contributed by atoms with van der Waals surface area (Å²) in [6.45, 7) is 4.74. The lowest BCUT2D eigenvalue weighted by Gasteiger charge is -2.16. The Morgan fingerprint density at radius 2 is 2.00 bits per heavy atom. The van der Waals surface area contributed by atoms with E-state index in [0.717, 1.165) is 34.9 Å². The summed E-state index contributed by atoms with van der Waals surface area (Å²) in [4.78, 5) is 12.3. The van der Waals surface area contributed by atoms with Gasteiger partial charge in [0.05, 0.1) is 0 Å². The lowest BCUT2D eigenvalue weighted by Crippen LogP contribution is -2.25. The van der Waals surface area contributed by atoms with Gasteiger partial charge in [0, 0.05) is 24.6 Å². The van der Waals surface area contributed by atoms with Gasteiger partial charge in [-0.3, -0.25) is 4.79 Å². The first-order chi connectivity index (χ1) is 12.6. The number of thioether (sulfide) groups is 1. The number of nitrogens with zero attached hydrogens (tertiary/aromatic N) is 3. The van der Waals surface area contributed by atoms with E-state index in [0.29, 0.717) is 12.6 Å². The van der Waals surface area contributed by atoms with Crippen molar-refractivity contribution in [2.24, 2.45) is 0 Å². The van der Waals surface area contributed by atoms with Crippen molar-refractivity contribution in [3.63, 3.8) is 0 Å². The van der Waals surface area contributed by atoms with E-state index >= 15 is 0 Å². The van der Waals surface area contributed by atoms with Crippen molar-refractivity contribution in [3.8, 4) is 0 Å². The van der Waals surface area contributed by atoms with Crippen LogP contribution in [0.1, 0.15) is 65.5 Å². The Balaban J connectivity index is 1.54. The molecule has 1 aliphatic carbocycles. The molecule has 2 aromatic rings. The largest absolute Gasteiger partial charge is 0.352 e. The molecule has 6 heteroatoms. The SMILES string of the molecule is CSc1nnc(CCCNC(=O)c2ccc(C)c(C)c2)n1C1CCCC1. The molecule has 1 aliphatic rings. The number of nitrogens with one attached hydrogen (secondary N) is 1. The fraction of sp³-hybridized carbons (Fsp3) is 0.550. The van der Waals surface area contributed by atoms with Crippen LogP contribution in [0.3, 0.4) is 0 Å². The maximum atomic E-state index is 12.3. The standard InChI is InChI=1S/C20H28N4OS/c1-14-10-11-16(13-15(14)2)19(25)21-12-6-9-18-22-23-20(26-3)24(18)17-7-4-5-8-17/h10-11,13,17H,4-9,12H2,1-3H3,(H,21,25). The van der Waals surface area contributed by atoms with Gasteiger partial charge in [0.1, 0.15) is 5.82 Å². The van der Waals surface area contributed by atoms with Gasteiger partial charge in [-0.05, 0) is 62.6 Å². The van der Waals surface area contributed by atoms with Crippen LogP contribution < -0.4 is 5.32 Å². The molecule has 0 spiro atoms. The smallest absolute Gasteiger partial charge is 0.251 e. The highest BCUT2D eigenvalue weighted by atomic mass is 32.2. The molecule has 0 atom stereocenters. The van der Waals surface area contributed by atoms with Crippen molar-refractivity contribution in [2.75, 3.05) is 12.8 Å². The minimum Gasteiger partial charge on any atom is -0.352 e. The van der Waals surface area contributed by atoms with E-state index in [9.17, 15) is 4.79 Å². The molecule has 1 saturated carbocycles. The fourth-order valence-corrected chi connectivity index (χ4v) is 4.15. The highest BCUT2D eigenvalue weighted by molar-refractivity contribution is 7.98. The molecule has 0 bridgehead atoms. The van der Waals surface area contributed by atoms with Gasteiger partial charge in [-0.2, -0.15) is 0 Å². The summed E-state index contributed by atoms with van der Waals surface area (Å²) < 4.78 is 2.34. The number of amides is 1. The van der Waals surface area contributed by atoms with Crippen molar-refractivity contribution >= 4 is 17.7 Å². The van der Waals surface area contributed by atoms with E-state index < -0.39 is 0 Å². The third-order valence-electron chi connectivity index (χ3n) is 5.24. The first kappa shape index (κ1) is 19.0. The summed E-state index contributed by atoms with van der Waals surface area (Å²) in [5, 5.41) is 12.8. The van der Waals surface area contributed by atoms with Crippen LogP contribution >= 0.6 is 11.8 Å². The Morgan fingerprint density at radius 1 is 1.23 bits per heavy atom. The second-order valence-corrected chi connectivity index (χ2v) is 7.84. The highest BCUT2D eigenvalue weighted by Crippen LogP contribution is 2.33. The van der Waals surface area contributed by atoms with Gasteiger partial charge in [0.15, 0.2) is 5.16 Å². The maximum absolute atomic E-state index is 12.3. The third-order valence-corrected chi connectivity index (χ3v) is 5.88. The maximum Gasteiger partial charge on any atom is 0.251 e. The molecule has 5 nitrogen and oxygen atoms in total. The lowest BCUT2D eigenvalue weighted by molar-refractivity contribution is 0.0953. The summed E-state index contributed by atoms with van der Waals surface area (Å²) in [7, 11) is 0. The van der Waals surface area contributed by atoms with E-state index in [2.05, 4.69) is 33.3 Å². The van der Waals surface area contributed by atoms with Gasteiger partial charge in [0.2, 0.25) is 0 Å². The number of carbonyl (C=O) groups excluding carboxylic acids is 1. The summed E-state index contributed by atoms with van der Waals surface area (Å²) in [5.41, 5.74) is 3.08. The van der Waals surface area contributed by atoms with Crippen LogP contribution in [0.25, 0.3) is 0 Å². The molecule has 1 N–H and O–H groups in total. The molecule has 0 unspecified atom stereocenters. The number of hydrogen-bond acceptors (Lipinski definition) is 4. The van der Waals surface area contributed by atoms with E-state index in [1.165, 1.54) is 31.2 Å². The van der Waals surface area contributed by atoms with Gasteiger partial charge in [-0.15, -0.1) is 10.2 Å². The minimum absolute atomic E-state index is 0.00448. The molecule has 1 aromatic heterocycles. The molecule has 140 valence electrons. The van der Waals surface area contributed by atoms with Gasteiger partial charge >= 0.3 is 0 Å². The predicted octanol–water partition coefficient (Wildman–Crippen LogP) is 4.09. The zero-order valence-corrected chi connectivity index (χ0v) is 16.7. The number of benzene rings is 1. The van der Waals surface area contributed by atoms with Crippen LogP contribution in [0.5, 0.6) is 0 Å². The summed E-state index contributed by atoms with van der Waals surface area (Å²) in [5.74, 6) is 1.05. The van der Waals surface area contributed by atoms with Gasteiger partial charge in [0.25, 0.3) is 5.91 Å². The first-order valence-electron chi connectivity index (χ1n) is 9.43. The monoisotopic (exact) mass is 372 g/mol. The summed E-state index contributed by atoms with van der Waals surface area (Å²) in [6.07, 6.45) is 8.81. The second kappa shape index (κ2) is 8.71. The van der Waals surface area contributed by atoms with Crippen LogP contribution in [-0.2, 0) is 6.42 Å². The quantitative estimate of drug-likeness (QED) is 0.587. The number of rotatable bonds is 7. The summed E-state index contributed by atoms with van der Waals surface area (Å²) >= 11 is 1.67. The van der Waals surface area contributed by atoms with Crippen LogP contribution in [0.4, 0.5) is 0 Å². The molecular weight excluding hydrogens is 344 g/mol. The zero-order chi connectivity index (χ0) is 18.5. The summed E-state index contributed by atoms with van der Waals surface area (Å²) in [6, 6.07) is 6.39. The van der Waals surface area contributed by atoms with Crippen LogP contribution in [0.2, 0.25) is 0 Å². The van der Waals surface area contributed by atoms with Crippen molar-refractivity contribution in [1.82, 2.24) is 20.1 Å². The van der Waals surface area contributed by atoms with Crippen LogP contribution in [0.15, 0.2) is 23.4 Å². The Hall–Kier alpha value is -1.82. The molecule has 3 rings (SSSR count). The number of aromatic nitrogens is 3. The molecule has 1 heterocycles. The zero-order valence-electron chi connectivity index (χ0n) is 15.9. The number of aryl methyl sites for hydroxylation is 3. The van der Waals surface area contributed by atoms with E-state index in [1.54, 1.807) is 11.8 Å². The average Bonchev–Trinajstić information content (AvgIpc) is 3.29. The number of carbonyl (C=O) groups is 1. The van der Waals surface area contributed by atoms with Crippen molar-refractivity contribution < 1.29 is 4.79 Å². The molecule has 1 aromatic carbocycles. The second-order valence-electron chi connectivity index (χ2n) is 7.07. The first-order valence-corrected chi connectivity index (χ1v) is 10.7. The minimum atomic E-state index is -0.00448. The van der Waals surface area contributed by atoms with E-state index in [4.69, 9.17) is 0 Å². The normalized spacial score (nSPS) is 14.7. The van der Waals surface area contributed by atoms with E-state index in [1.807, 2.05) is 25.1 Å². The van der Waals surface area contributed by atoms with E-state index in [-0.39, 0.29) is 5.91 Å². The molecule has 1 fully saturated rings. The lowest BCUT2D eigenvalue weighted by atomic mass is 10.1. The van der Waals surface area contributed by atoms with Crippen LogP contribution in [-0.4, -0.2) is 33.5 Å². The topological polar surface area (TPSA) is 59.8 Å².